The van der Waals surface area contributed by atoms with Crippen LogP contribution in [0.1, 0.15) is 12.0 Å². The molecular formula is C22H27NO7S. The first-order valence-electron chi connectivity index (χ1n) is 9.83. The fourth-order valence-electron chi connectivity index (χ4n) is 3.52. The number of benzene rings is 2. The number of amides is 1. The molecule has 2 aromatic rings. The average molecular weight is 450 g/mol. The van der Waals surface area contributed by atoms with Gasteiger partial charge in [-0.1, -0.05) is 6.07 Å². The number of hydrogen-bond donors (Lipinski definition) is 0. The quantitative estimate of drug-likeness (QED) is 0.580. The molecule has 2 aromatic carbocycles. The third-order valence-electron chi connectivity index (χ3n) is 5.19. The highest BCUT2D eigenvalue weighted by Crippen LogP contribution is 2.29. The second-order valence-corrected chi connectivity index (χ2v) is 9.46. The Kier molecular flexibility index (Phi) is 7.27. The monoisotopic (exact) mass is 449 g/mol. The van der Waals surface area contributed by atoms with E-state index in [0.29, 0.717) is 29.4 Å². The Bertz CT molecular complexity index is 1010. The zero-order valence-corrected chi connectivity index (χ0v) is 18.7. The van der Waals surface area contributed by atoms with E-state index >= 15 is 0 Å². The second-order valence-electron chi connectivity index (χ2n) is 7.23. The highest BCUT2D eigenvalue weighted by Gasteiger charge is 2.35. The highest BCUT2D eigenvalue weighted by atomic mass is 32.2. The van der Waals surface area contributed by atoms with Crippen LogP contribution in [0.25, 0.3) is 0 Å². The zero-order chi connectivity index (χ0) is 22.4. The van der Waals surface area contributed by atoms with Crippen molar-refractivity contribution in [2.75, 3.05) is 39.4 Å². The average Bonchev–Trinajstić information content (AvgIpc) is 3.15. The van der Waals surface area contributed by atoms with E-state index in [-0.39, 0.29) is 30.6 Å². The molecule has 1 fully saturated rings. The largest absolute Gasteiger partial charge is 0.497 e. The minimum Gasteiger partial charge on any atom is -0.497 e. The molecule has 1 aliphatic rings. The summed E-state index contributed by atoms with van der Waals surface area (Å²) in [6.45, 7) is 0.0432. The van der Waals surface area contributed by atoms with E-state index in [1.165, 1.54) is 7.11 Å². The molecule has 1 unspecified atom stereocenters. The lowest BCUT2D eigenvalue weighted by Gasteiger charge is -2.28. The predicted molar refractivity (Wildman–Crippen MR) is 116 cm³/mol. The first-order chi connectivity index (χ1) is 14.8. The van der Waals surface area contributed by atoms with E-state index in [4.69, 9.17) is 18.9 Å². The molecule has 0 bridgehead atoms. The Morgan fingerprint density at radius 2 is 1.65 bits per heavy atom. The molecule has 0 aliphatic carbocycles. The van der Waals surface area contributed by atoms with Crippen LogP contribution in [0.4, 0.5) is 0 Å². The molecule has 31 heavy (non-hydrogen) atoms. The fourth-order valence-corrected chi connectivity index (χ4v) is 5.25. The number of ether oxygens (including phenoxy) is 4. The molecule has 0 saturated carbocycles. The summed E-state index contributed by atoms with van der Waals surface area (Å²) in [4.78, 5) is 14.6. The van der Waals surface area contributed by atoms with Crippen LogP contribution in [-0.2, 0) is 21.2 Å². The Hall–Kier alpha value is -2.94. The summed E-state index contributed by atoms with van der Waals surface area (Å²) in [7, 11) is 1.50. The van der Waals surface area contributed by atoms with Gasteiger partial charge in [-0.3, -0.25) is 4.79 Å². The summed E-state index contributed by atoms with van der Waals surface area (Å²) in [6, 6.07) is 11.9. The molecule has 1 atom stereocenters. The molecule has 3 rings (SSSR count). The molecule has 0 N–H and O–H groups in total. The molecular weight excluding hydrogens is 422 g/mol. The summed E-state index contributed by atoms with van der Waals surface area (Å²) in [5.41, 5.74) is 0.805. The van der Waals surface area contributed by atoms with Crippen molar-refractivity contribution in [2.45, 2.75) is 19.0 Å². The predicted octanol–water partition coefficient (Wildman–Crippen LogP) is 2.31. The van der Waals surface area contributed by atoms with Crippen molar-refractivity contribution in [1.29, 1.82) is 0 Å². The molecule has 9 heteroatoms. The molecule has 1 aliphatic heterocycles. The van der Waals surface area contributed by atoms with Crippen molar-refractivity contribution in [2.24, 2.45) is 0 Å². The van der Waals surface area contributed by atoms with Gasteiger partial charge in [-0.2, -0.15) is 0 Å². The van der Waals surface area contributed by atoms with Gasteiger partial charge in [-0.15, -0.1) is 0 Å². The third kappa shape index (κ3) is 5.81. The summed E-state index contributed by atoms with van der Waals surface area (Å²) in [6.07, 6.45) is 0.407. The Morgan fingerprint density at radius 3 is 2.23 bits per heavy atom. The van der Waals surface area contributed by atoms with Gasteiger partial charge in [0.25, 0.3) is 5.91 Å². The minimum absolute atomic E-state index is 0.0471. The maximum absolute atomic E-state index is 13.0. The van der Waals surface area contributed by atoms with Gasteiger partial charge in [0.1, 0.15) is 11.5 Å². The van der Waals surface area contributed by atoms with E-state index in [2.05, 4.69) is 0 Å². The Morgan fingerprint density at radius 1 is 0.968 bits per heavy atom. The molecule has 1 saturated heterocycles. The number of carbonyl (C=O) groups is 1. The summed E-state index contributed by atoms with van der Waals surface area (Å²) in [5.74, 6) is 2.08. The fraction of sp³-hybridized carbons (Fsp3) is 0.409. The van der Waals surface area contributed by atoms with Crippen LogP contribution in [-0.4, -0.2) is 64.7 Å². The van der Waals surface area contributed by atoms with Gasteiger partial charge in [0.05, 0.1) is 32.8 Å². The Balaban J connectivity index is 1.76. The molecule has 1 amide bonds. The number of sulfone groups is 1. The SMILES string of the molecule is COc1ccc(OCC(=O)N(Cc2ccc(OC)c(OC)c2)C2CCS(=O)(=O)C2)cc1. The van der Waals surface area contributed by atoms with Gasteiger partial charge >= 0.3 is 0 Å². The lowest BCUT2D eigenvalue weighted by molar-refractivity contribution is -0.136. The van der Waals surface area contributed by atoms with Crippen molar-refractivity contribution in [3.8, 4) is 23.0 Å². The summed E-state index contributed by atoms with van der Waals surface area (Å²) < 4.78 is 45.4. The molecule has 0 radical (unpaired) electrons. The minimum atomic E-state index is -3.16. The Labute approximate surface area is 182 Å². The number of carbonyl (C=O) groups excluding carboxylic acids is 1. The van der Waals surface area contributed by atoms with Crippen molar-refractivity contribution >= 4 is 15.7 Å². The van der Waals surface area contributed by atoms with Gasteiger partial charge in [0, 0.05) is 12.6 Å². The number of methoxy groups -OCH3 is 3. The number of hydrogen-bond acceptors (Lipinski definition) is 7. The number of rotatable bonds is 9. The first kappa shape index (κ1) is 22.7. The third-order valence-corrected chi connectivity index (χ3v) is 6.94. The second kappa shape index (κ2) is 9.91. The van der Waals surface area contributed by atoms with Crippen molar-refractivity contribution in [3.63, 3.8) is 0 Å². The topological polar surface area (TPSA) is 91.4 Å². The zero-order valence-electron chi connectivity index (χ0n) is 17.9. The van der Waals surface area contributed by atoms with Gasteiger partial charge in [-0.05, 0) is 48.4 Å². The van der Waals surface area contributed by atoms with Gasteiger partial charge in [0.15, 0.2) is 27.9 Å². The maximum Gasteiger partial charge on any atom is 0.261 e. The van der Waals surface area contributed by atoms with E-state index in [9.17, 15) is 13.2 Å². The van der Waals surface area contributed by atoms with Crippen molar-refractivity contribution in [3.05, 3.63) is 48.0 Å². The summed E-state index contributed by atoms with van der Waals surface area (Å²) in [5, 5.41) is 0. The standard InChI is InChI=1S/C22H27NO7S/c1-27-18-5-7-19(8-6-18)30-14-22(24)23(17-10-11-31(25,26)15-17)13-16-4-9-20(28-2)21(12-16)29-3/h4-9,12,17H,10-11,13-15H2,1-3H3. The highest BCUT2D eigenvalue weighted by molar-refractivity contribution is 7.91. The number of nitrogens with zero attached hydrogens (tertiary/aromatic N) is 1. The normalized spacial score (nSPS) is 17.1. The van der Waals surface area contributed by atoms with Crippen LogP contribution in [0.5, 0.6) is 23.0 Å². The van der Waals surface area contributed by atoms with Gasteiger partial charge in [-0.25, -0.2) is 8.42 Å². The molecule has 168 valence electrons. The lowest BCUT2D eigenvalue weighted by Crippen LogP contribution is -2.43. The molecule has 0 spiro atoms. The van der Waals surface area contributed by atoms with Crippen LogP contribution in [0.2, 0.25) is 0 Å². The van der Waals surface area contributed by atoms with E-state index in [1.807, 2.05) is 6.07 Å². The van der Waals surface area contributed by atoms with Crippen LogP contribution in [0, 0.1) is 0 Å². The van der Waals surface area contributed by atoms with Crippen LogP contribution >= 0.6 is 0 Å². The smallest absolute Gasteiger partial charge is 0.261 e. The molecule has 8 nitrogen and oxygen atoms in total. The van der Waals surface area contributed by atoms with E-state index in [0.717, 1.165) is 5.56 Å². The lowest BCUT2D eigenvalue weighted by atomic mass is 10.1. The van der Waals surface area contributed by atoms with E-state index < -0.39 is 15.9 Å². The first-order valence-corrected chi connectivity index (χ1v) is 11.6. The molecule has 1 heterocycles. The van der Waals surface area contributed by atoms with Crippen molar-refractivity contribution < 1.29 is 32.2 Å². The van der Waals surface area contributed by atoms with Gasteiger partial charge in [0.2, 0.25) is 0 Å². The van der Waals surface area contributed by atoms with Crippen LogP contribution in [0.3, 0.4) is 0 Å². The van der Waals surface area contributed by atoms with Crippen LogP contribution < -0.4 is 18.9 Å². The van der Waals surface area contributed by atoms with E-state index in [1.54, 1.807) is 55.5 Å². The van der Waals surface area contributed by atoms with Gasteiger partial charge < -0.3 is 23.8 Å². The summed E-state index contributed by atoms with van der Waals surface area (Å²) >= 11 is 0. The maximum atomic E-state index is 13.0. The molecule has 0 aromatic heterocycles. The van der Waals surface area contributed by atoms with Crippen LogP contribution in [0.15, 0.2) is 42.5 Å². The van der Waals surface area contributed by atoms with Crippen molar-refractivity contribution in [1.82, 2.24) is 4.90 Å².